The summed E-state index contributed by atoms with van der Waals surface area (Å²) in [5.74, 6) is -1.50. The normalized spacial score (nSPS) is 11.2. The summed E-state index contributed by atoms with van der Waals surface area (Å²) in [6.07, 6.45) is 2.01. The number of nitrogens with two attached hydrogens (primary N) is 3. The van der Waals surface area contributed by atoms with Crippen LogP contribution in [0.3, 0.4) is 0 Å². The summed E-state index contributed by atoms with van der Waals surface area (Å²) in [7, 11) is 0. The van der Waals surface area contributed by atoms with E-state index in [0.717, 1.165) is 0 Å². The molecule has 8 heteroatoms. The number of nitrogens with zero attached hydrogens (tertiary/aromatic N) is 1. The number of primary amides is 1. The van der Waals surface area contributed by atoms with E-state index in [-0.39, 0.29) is 0 Å². The minimum atomic E-state index is -1.00. The minimum Gasteiger partial charge on any atom is -0.480 e. The molecule has 8 nitrogen and oxygen atoms in total. The molecule has 1 aromatic carbocycles. The van der Waals surface area contributed by atoms with E-state index < -0.39 is 17.9 Å². The number of benzene rings is 1. The molecule has 0 radical (unpaired) electrons. The number of aromatic amines is 1. The van der Waals surface area contributed by atoms with Crippen molar-refractivity contribution in [1.82, 2.24) is 9.97 Å². The number of aromatic nitrogens is 2. The second-order valence-corrected chi connectivity index (χ2v) is 4.35. The summed E-state index contributed by atoms with van der Waals surface area (Å²) in [4.78, 5) is 27.6. The third-order valence-corrected chi connectivity index (χ3v) is 2.77. The number of rotatable bonds is 5. The van der Waals surface area contributed by atoms with Crippen molar-refractivity contribution in [3.05, 3.63) is 53.6 Å². The van der Waals surface area contributed by atoms with Gasteiger partial charge in [-0.2, -0.15) is 0 Å². The number of carboxylic acids is 1. The number of amides is 1. The fourth-order valence-corrected chi connectivity index (χ4v) is 1.67. The Balaban J connectivity index is 0.000000220. The van der Waals surface area contributed by atoms with Crippen LogP contribution in [-0.2, 0) is 11.2 Å². The fraction of sp³-hybridized carbons (Fsp3) is 0.214. The topological polar surface area (TPSA) is 161 Å². The van der Waals surface area contributed by atoms with Crippen LogP contribution in [0.2, 0.25) is 0 Å². The molecular weight excluding hydrogens is 286 g/mol. The predicted molar refractivity (Wildman–Crippen MR) is 80.9 cm³/mol. The van der Waals surface area contributed by atoms with Crippen molar-refractivity contribution in [1.29, 1.82) is 0 Å². The van der Waals surface area contributed by atoms with Gasteiger partial charge in [0.2, 0.25) is 0 Å². The van der Waals surface area contributed by atoms with Gasteiger partial charge in [-0.25, -0.2) is 4.98 Å². The average molecular weight is 305 g/mol. The Bertz CT molecular complexity index is 612. The molecule has 0 aliphatic rings. The van der Waals surface area contributed by atoms with Crippen LogP contribution in [0.1, 0.15) is 27.8 Å². The van der Waals surface area contributed by atoms with Gasteiger partial charge in [0.05, 0.1) is 12.0 Å². The van der Waals surface area contributed by atoms with E-state index in [1.54, 1.807) is 24.3 Å². The summed E-state index contributed by atoms with van der Waals surface area (Å²) in [6, 6.07) is 7.82. The van der Waals surface area contributed by atoms with E-state index in [4.69, 9.17) is 22.3 Å². The minimum absolute atomic E-state index is 0.357. The lowest BCUT2D eigenvalue weighted by Crippen LogP contribution is -2.20. The van der Waals surface area contributed by atoms with Gasteiger partial charge in [-0.3, -0.25) is 9.59 Å². The molecule has 0 aliphatic heterocycles. The maximum atomic E-state index is 10.7. The van der Waals surface area contributed by atoms with Gasteiger partial charge in [-0.1, -0.05) is 30.3 Å². The van der Waals surface area contributed by atoms with Crippen LogP contribution in [0.15, 0.2) is 36.7 Å². The first-order valence-electron chi connectivity index (χ1n) is 6.52. The van der Waals surface area contributed by atoms with Gasteiger partial charge in [0.1, 0.15) is 11.7 Å². The molecule has 118 valence electrons. The maximum Gasteiger partial charge on any atom is 0.325 e. The largest absolute Gasteiger partial charge is 0.480 e. The Hall–Kier alpha value is -2.71. The number of aliphatic carboxylic acids is 1. The summed E-state index contributed by atoms with van der Waals surface area (Å²) in [5.41, 5.74) is 17.3. The molecule has 2 aromatic rings. The number of carboxylic acid groups (broad SMARTS) is 1. The van der Waals surface area contributed by atoms with Crippen molar-refractivity contribution in [3.63, 3.8) is 0 Å². The average Bonchev–Trinajstić information content (AvgIpc) is 2.97. The summed E-state index contributed by atoms with van der Waals surface area (Å²) >= 11 is 0. The molecule has 2 rings (SSSR count). The summed E-state index contributed by atoms with van der Waals surface area (Å²) in [5, 5.41) is 8.51. The molecule has 8 N–H and O–H groups in total. The first-order chi connectivity index (χ1) is 10.5. The second kappa shape index (κ2) is 8.55. The zero-order valence-corrected chi connectivity index (χ0v) is 11.9. The monoisotopic (exact) mass is 305 g/mol. The lowest BCUT2D eigenvalue weighted by atomic mass is 10.1. The highest BCUT2D eigenvalue weighted by Gasteiger charge is 2.12. The molecule has 1 amide bonds. The molecule has 1 atom stereocenters. The molecule has 0 fully saturated rings. The van der Waals surface area contributed by atoms with E-state index in [1.807, 2.05) is 6.07 Å². The van der Waals surface area contributed by atoms with E-state index in [2.05, 4.69) is 9.97 Å². The molecule has 1 heterocycles. The molecule has 0 unspecified atom stereocenters. The van der Waals surface area contributed by atoms with Crippen LogP contribution in [-0.4, -0.2) is 33.5 Å². The molecule has 0 saturated heterocycles. The predicted octanol–water partition coefficient (Wildman–Crippen LogP) is -0.219. The van der Waals surface area contributed by atoms with Gasteiger partial charge in [-0.15, -0.1) is 0 Å². The molecule has 0 saturated carbocycles. The van der Waals surface area contributed by atoms with Gasteiger partial charge >= 0.3 is 5.97 Å². The highest BCUT2D eigenvalue weighted by atomic mass is 16.4. The molecule has 0 spiro atoms. The Morgan fingerprint density at radius 1 is 1.27 bits per heavy atom. The fourth-order valence-electron chi connectivity index (χ4n) is 1.67. The van der Waals surface area contributed by atoms with E-state index in [1.165, 1.54) is 6.33 Å². The molecular formula is C14H19N5O3. The summed E-state index contributed by atoms with van der Waals surface area (Å²) in [6.45, 7) is 0.463. The van der Waals surface area contributed by atoms with Crippen LogP contribution in [0, 0.1) is 0 Å². The molecule has 1 aromatic heterocycles. The first-order valence-corrected chi connectivity index (χ1v) is 6.52. The van der Waals surface area contributed by atoms with Crippen LogP contribution in [0.4, 0.5) is 0 Å². The number of carbonyl (C=O) groups is 2. The maximum absolute atomic E-state index is 10.7. The summed E-state index contributed by atoms with van der Waals surface area (Å²) < 4.78 is 0. The van der Waals surface area contributed by atoms with Crippen molar-refractivity contribution in [3.8, 4) is 0 Å². The van der Waals surface area contributed by atoms with Gasteiger partial charge in [-0.05, 0) is 12.1 Å². The molecule has 22 heavy (non-hydrogen) atoms. The van der Waals surface area contributed by atoms with Crippen LogP contribution < -0.4 is 17.2 Å². The van der Waals surface area contributed by atoms with Crippen LogP contribution in [0.25, 0.3) is 0 Å². The number of imidazole rings is 1. The Labute approximate surface area is 127 Å². The molecule has 0 bridgehead atoms. The van der Waals surface area contributed by atoms with Crippen molar-refractivity contribution in [2.45, 2.75) is 12.5 Å². The first kappa shape index (κ1) is 17.3. The Kier molecular flexibility index (Phi) is 6.74. The number of hydrogen-bond acceptors (Lipinski definition) is 5. The van der Waals surface area contributed by atoms with Crippen molar-refractivity contribution in [2.75, 3.05) is 6.54 Å². The van der Waals surface area contributed by atoms with Crippen LogP contribution in [0.5, 0.6) is 0 Å². The van der Waals surface area contributed by atoms with Gasteiger partial charge in [0, 0.05) is 6.42 Å². The Morgan fingerprint density at radius 3 is 2.41 bits per heavy atom. The van der Waals surface area contributed by atoms with Gasteiger partial charge in [0.25, 0.3) is 5.91 Å². The second-order valence-electron chi connectivity index (χ2n) is 4.35. The third kappa shape index (κ3) is 5.00. The highest BCUT2D eigenvalue weighted by molar-refractivity contribution is 5.91. The number of carbonyl (C=O) groups excluding carboxylic acids is 1. The van der Waals surface area contributed by atoms with Crippen molar-refractivity contribution in [2.24, 2.45) is 17.2 Å². The van der Waals surface area contributed by atoms with E-state index >= 15 is 0 Å². The third-order valence-electron chi connectivity index (χ3n) is 2.77. The number of hydrogen-bond donors (Lipinski definition) is 5. The highest BCUT2D eigenvalue weighted by Crippen LogP contribution is 2.08. The van der Waals surface area contributed by atoms with Crippen LogP contribution >= 0.6 is 0 Å². The zero-order valence-electron chi connectivity index (χ0n) is 11.9. The number of H-pyrrole nitrogens is 1. The van der Waals surface area contributed by atoms with Crippen molar-refractivity contribution >= 4 is 11.9 Å². The lowest BCUT2D eigenvalue weighted by molar-refractivity contribution is -0.138. The SMILES string of the molecule is NCCc1nc[nH]c1C(N)=O.N[C@H](C(=O)O)c1ccccc1. The van der Waals surface area contributed by atoms with Gasteiger partial charge in [0.15, 0.2) is 0 Å². The van der Waals surface area contributed by atoms with Crippen molar-refractivity contribution < 1.29 is 14.7 Å². The van der Waals surface area contributed by atoms with Gasteiger partial charge < -0.3 is 27.3 Å². The van der Waals surface area contributed by atoms with E-state index in [9.17, 15) is 9.59 Å². The molecule has 0 aliphatic carbocycles. The standard InChI is InChI=1S/C8H9NO2.C6H10N4O/c9-7(8(10)11)6-4-2-1-3-5-6;7-2-1-4-5(6(8)11)10-3-9-4/h1-5,7H,9H2,(H,10,11);3H,1-2,7H2,(H2,8,11)(H,9,10)/t7-;/m0./s1. The lowest BCUT2D eigenvalue weighted by Gasteiger charge is -2.04. The van der Waals surface area contributed by atoms with E-state index in [0.29, 0.717) is 29.9 Å². The Morgan fingerprint density at radius 2 is 1.91 bits per heavy atom. The smallest absolute Gasteiger partial charge is 0.325 e. The quantitative estimate of drug-likeness (QED) is 0.513. The number of nitrogens with one attached hydrogen (secondary N) is 1. The zero-order chi connectivity index (χ0) is 16.5.